The van der Waals surface area contributed by atoms with Crippen LogP contribution in [0.2, 0.25) is 0 Å². The van der Waals surface area contributed by atoms with Gasteiger partial charge in [-0.25, -0.2) is 4.79 Å². The van der Waals surface area contributed by atoms with Gasteiger partial charge in [-0.05, 0) is 18.9 Å². The molecule has 2 nitrogen and oxygen atoms in total. The lowest BCUT2D eigenvalue weighted by molar-refractivity contribution is -0.147. The molecule has 0 aliphatic carbocycles. The molecular formula is C13H17Cl3O2. The van der Waals surface area contributed by atoms with Crippen molar-refractivity contribution in [2.45, 2.75) is 43.5 Å². The lowest BCUT2D eigenvalue weighted by Gasteiger charge is -2.21. The van der Waals surface area contributed by atoms with Gasteiger partial charge in [-0.15, -0.1) is 0 Å². The molecule has 0 rings (SSSR count). The third kappa shape index (κ3) is 7.16. The third-order valence-corrected chi connectivity index (χ3v) is 2.62. The Morgan fingerprint density at radius 2 is 2.00 bits per heavy atom. The van der Waals surface area contributed by atoms with E-state index in [0.29, 0.717) is 5.57 Å². The standard InChI is InChI=1S/C13H17Cl3O2/c1-5-6-10(4)11(8-7-9(2)3)18-12(17)13(14,15)16/h10-11H,2,5-6H2,1,3-4H3. The second-order valence-electron chi connectivity index (χ2n) is 4.14. The molecule has 0 saturated heterocycles. The summed E-state index contributed by atoms with van der Waals surface area (Å²) < 4.78 is 3.06. The molecule has 0 spiro atoms. The van der Waals surface area contributed by atoms with Crippen molar-refractivity contribution >= 4 is 40.8 Å². The number of halogens is 3. The SMILES string of the molecule is C=C(C)C#CC(OC(=O)C(Cl)(Cl)Cl)C(C)CCC. The predicted molar refractivity (Wildman–Crippen MR) is 76.8 cm³/mol. The maximum absolute atomic E-state index is 11.5. The number of alkyl halides is 3. The summed E-state index contributed by atoms with van der Waals surface area (Å²) in [5.74, 6) is 4.79. The summed E-state index contributed by atoms with van der Waals surface area (Å²) in [6.45, 7) is 9.41. The first-order valence-corrected chi connectivity index (χ1v) is 6.76. The first-order chi connectivity index (χ1) is 8.18. The highest BCUT2D eigenvalue weighted by atomic mass is 35.6. The van der Waals surface area contributed by atoms with E-state index in [1.165, 1.54) is 0 Å². The van der Waals surface area contributed by atoms with Gasteiger partial charge in [-0.2, -0.15) is 0 Å². The molecule has 0 aliphatic heterocycles. The zero-order valence-electron chi connectivity index (χ0n) is 10.7. The van der Waals surface area contributed by atoms with Crippen molar-refractivity contribution in [2.24, 2.45) is 5.92 Å². The number of ether oxygens (including phenoxy) is 1. The van der Waals surface area contributed by atoms with E-state index in [2.05, 4.69) is 18.4 Å². The first kappa shape index (κ1) is 17.6. The zero-order chi connectivity index (χ0) is 14.3. The molecule has 0 aliphatic rings. The fourth-order valence-electron chi connectivity index (χ4n) is 1.27. The monoisotopic (exact) mass is 310 g/mol. The van der Waals surface area contributed by atoms with Crippen LogP contribution in [0.25, 0.3) is 0 Å². The number of carbonyl (C=O) groups excluding carboxylic acids is 1. The van der Waals surface area contributed by atoms with E-state index in [-0.39, 0.29) is 5.92 Å². The normalized spacial score (nSPS) is 14.1. The van der Waals surface area contributed by atoms with Gasteiger partial charge in [0.1, 0.15) is 0 Å². The van der Waals surface area contributed by atoms with Crippen molar-refractivity contribution in [3.8, 4) is 11.8 Å². The molecule has 0 radical (unpaired) electrons. The summed E-state index contributed by atoms with van der Waals surface area (Å²) in [4.78, 5) is 11.5. The Morgan fingerprint density at radius 1 is 1.44 bits per heavy atom. The quantitative estimate of drug-likeness (QED) is 0.440. The topological polar surface area (TPSA) is 26.3 Å². The van der Waals surface area contributed by atoms with Gasteiger partial charge in [0, 0.05) is 5.92 Å². The fraction of sp³-hybridized carbons (Fsp3) is 0.615. The number of hydrogen-bond donors (Lipinski definition) is 0. The minimum absolute atomic E-state index is 0.0677. The molecule has 0 saturated carbocycles. The average molecular weight is 312 g/mol. The van der Waals surface area contributed by atoms with Crippen molar-refractivity contribution in [1.82, 2.24) is 0 Å². The van der Waals surface area contributed by atoms with Crippen LogP contribution in [0, 0.1) is 17.8 Å². The number of esters is 1. The molecule has 0 bridgehead atoms. The van der Waals surface area contributed by atoms with Gasteiger partial charge in [0.25, 0.3) is 3.79 Å². The van der Waals surface area contributed by atoms with E-state index in [1.54, 1.807) is 6.92 Å². The van der Waals surface area contributed by atoms with Crippen molar-refractivity contribution in [2.75, 3.05) is 0 Å². The summed E-state index contributed by atoms with van der Waals surface area (Å²) in [5.41, 5.74) is 0.689. The molecule has 0 heterocycles. The van der Waals surface area contributed by atoms with E-state index in [0.717, 1.165) is 12.8 Å². The highest BCUT2D eigenvalue weighted by Gasteiger charge is 2.35. The Morgan fingerprint density at radius 3 is 2.39 bits per heavy atom. The average Bonchev–Trinajstić information content (AvgIpc) is 2.22. The van der Waals surface area contributed by atoms with Gasteiger partial charge < -0.3 is 4.74 Å². The highest BCUT2D eigenvalue weighted by molar-refractivity contribution is 6.75. The second kappa shape index (κ2) is 7.94. The lowest BCUT2D eigenvalue weighted by Crippen LogP contribution is -2.30. The van der Waals surface area contributed by atoms with E-state index >= 15 is 0 Å². The summed E-state index contributed by atoms with van der Waals surface area (Å²) in [7, 11) is 0. The molecule has 2 atom stereocenters. The molecule has 0 aromatic rings. The molecule has 2 unspecified atom stereocenters. The first-order valence-electron chi connectivity index (χ1n) is 5.63. The lowest BCUT2D eigenvalue weighted by atomic mass is 9.99. The van der Waals surface area contributed by atoms with Crippen LogP contribution in [0.5, 0.6) is 0 Å². The molecule has 0 aromatic carbocycles. The Kier molecular flexibility index (Phi) is 7.78. The van der Waals surface area contributed by atoms with Crippen LogP contribution in [0.1, 0.15) is 33.6 Å². The molecule has 18 heavy (non-hydrogen) atoms. The van der Waals surface area contributed by atoms with Gasteiger partial charge in [-0.3, -0.25) is 0 Å². The van der Waals surface area contributed by atoms with Crippen molar-refractivity contribution in [3.63, 3.8) is 0 Å². The van der Waals surface area contributed by atoms with Gasteiger partial charge in [0.15, 0.2) is 6.10 Å². The van der Waals surface area contributed by atoms with E-state index in [9.17, 15) is 4.79 Å². The van der Waals surface area contributed by atoms with Crippen LogP contribution >= 0.6 is 34.8 Å². The van der Waals surface area contributed by atoms with Crippen LogP contribution < -0.4 is 0 Å². The summed E-state index contributed by atoms with van der Waals surface area (Å²) >= 11 is 16.4. The smallest absolute Gasteiger partial charge is 0.359 e. The van der Waals surface area contributed by atoms with Gasteiger partial charge >= 0.3 is 5.97 Å². The van der Waals surface area contributed by atoms with E-state index < -0.39 is 15.9 Å². The maximum Gasteiger partial charge on any atom is 0.359 e. The van der Waals surface area contributed by atoms with E-state index in [4.69, 9.17) is 39.5 Å². The molecule has 0 aromatic heterocycles. The van der Waals surface area contributed by atoms with Crippen LogP contribution in [-0.4, -0.2) is 15.9 Å². The minimum Gasteiger partial charge on any atom is -0.446 e. The number of rotatable bonds is 4. The number of allylic oxidation sites excluding steroid dienone is 1. The Bertz CT molecular complexity index is 361. The third-order valence-electron chi connectivity index (χ3n) is 2.15. The van der Waals surface area contributed by atoms with Gasteiger partial charge in [-0.1, -0.05) is 73.5 Å². The molecule has 0 N–H and O–H groups in total. The second-order valence-corrected chi connectivity index (χ2v) is 6.42. The largest absolute Gasteiger partial charge is 0.446 e. The predicted octanol–water partition coefficient (Wildman–Crippen LogP) is 4.28. The van der Waals surface area contributed by atoms with E-state index in [1.807, 2.05) is 13.8 Å². The molecular weight excluding hydrogens is 295 g/mol. The van der Waals surface area contributed by atoms with Crippen LogP contribution in [0.15, 0.2) is 12.2 Å². The Labute approximate surface area is 124 Å². The molecule has 5 heteroatoms. The maximum atomic E-state index is 11.5. The number of carbonyl (C=O) groups is 1. The summed E-state index contributed by atoms with van der Waals surface area (Å²) in [6, 6.07) is 0. The van der Waals surface area contributed by atoms with Crippen LogP contribution in [0.4, 0.5) is 0 Å². The van der Waals surface area contributed by atoms with Gasteiger partial charge in [0.05, 0.1) is 0 Å². The van der Waals surface area contributed by atoms with Crippen LogP contribution in [-0.2, 0) is 9.53 Å². The van der Waals surface area contributed by atoms with Crippen LogP contribution in [0.3, 0.4) is 0 Å². The van der Waals surface area contributed by atoms with Crippen molar-refractivity contribution in [3.05, 3.63) is 12.2 Å². The minimum atomic E-state index is -2.07. The highest BCUT2D eigenvalue weighted by Crippen LogP contribution is 2.29. The van der Waals surface area contributed by atoms with Crippen molar-refractivity contribution < 1.29 is 9.53 Å². The molecule has 0 fully saturated rings. The number of hydrogen-bond acceptors (Lipinski definition) is 2. The van der Waals surface area contributed by atoms with Crippen molar-refractivity contribution in [1.29, 1.82) is 0 Å². The molecule has 102 valence electrons. The molecule has 0 amide bonds. The fourth-order valence-corrected chi connectivity index (χ4v) is 1.40. The Hall–Kier alpha value is -0.360. The van der Waals surface area contributed by atoms with Gasteiger partial charge in [0.2, 0.25) is 0 Å². The zero-order valence-corrected chi connectivity index (χ0v) is 13.0. The summed E-state index contributed by atoms with van der Waals surface area (Å²) in [5, 5.41) is 0. The summed E-state index contributed by atoms with van der Waals surface area (Å²) in [6.07, 6.45) is 1.23. The Balaban J connectivity index is 4.85.